The van der Waals surface area contributed by atoms with Crippen LogP contribution in [0.5, 0.6) is 0 Å². The average Bonchev–Trinajstić information content (AvgIpc) is 2.48. The lowest BCUT2D eigenvalue weighted by Crippen LogP contribution is -2.26. The van der Waals surface area contributed by atoms with Gasteiger partial charge in [0.2, 0.25) is 0 Å². The first-order valence-corrected chi connectivity index (χ1v) is 7.19. The van der Waals surface area contributed by atoms with Gasteiger partial charge in [-0.3, -0.25) is 4.79 Å². The van der Waals surface area contributed by atoms with Crippen molar-refractivity contribution in [3.8, 4) is 0 Å². The van der Waals surface area contributed by atoms with Crippen molar-refractivity contribution >= 4 is 5.91 Å². The van der Waals surface area contributed by atoms with Gasteiger partial charge in [0.25, 0.3) is 5.91 Å². The van der Waals surface area contributed by atoms with Gasteiger partial charge in [-0.25, -0.2) is 4.39 Å². The van der Waals surface area contributed by atoms with Gasteiger partial charge in [-0.15, -0.1) is 0 Å². The smallest absolute Gasteiger partial charge is 0.254 e. The summed E-state index contributed by atoms with van der Waals surface area (Å²) in [5.41, 5.74) is 2.55. The molecule has 0 saturated heterocycles. The Morgan fingerprint density at radius 2 is 1.76 bits per heavy atom. The second kappa shape index (κ2) is 7.02. The third kappa shape index (κ3) is 4.15. The standard InChI is InChI=1S/C18H20FNO/c1-13(2)15-9-7-14(8-10-15)11-12-20-18(21)16-5-3-4-6-17(16)19/h3-10,13H,11-12H2,1-2H3,(H,20,21). The van der Waals surface area contributed by atoms with Crippen molar-refractivity contribution in [1.29, 1.82) is 0 Å². The third-order valence-electron chi connectivity index (χ3n) is 3.46. The van der Waals surface area contributed by atoms with Gasteiger partial charge < -0.3 is 5.32 Å². The Hall–Kier alpha value is -2.16. The Morgan fingerprint density at radius 3 is 2.38 bits per heavy atom. The van der Waals surface area contributed by atoms with E-state index >= 15 is 0 Å². The van der Waals surface area contributed by atoms with Gasteiger partial charge in [0.15, 0.2) is 0 Å². The number of carbonyl (C=O) groups is 1. The summed E-state index contributed by atoms with van der Waals surface area (Å²) in [6.45, 7) is 4.81. The Kier molecular flexibility index (Phi) is 5.09. The summed E-state index contributed by atoms with van der Waals surface area (Å²) < 4.78 is 13.4. The zero-order chi connectivity index (χ0) is 15.2. The molecule has 3 heteroatoms. The number of benzene rings is 2. The first-order chi connectivity index (χ1) is 10.1. The fourth-order valence-corrected chi connectivity index (χ4v) is 2.13. The SMILES string of the molecule is CC(C)c1ccc(CCNC(=O)c2ccccc2F)cc1. The van der Waals surface area contributed by atoms with Gasteiger partial charge in [0.1, 0.15) is 5.82 Å². The molecule has 0 radical (unpaired) electrons. The second-order valence-corrected chi connectivity index (χ2v) is 5.38. The number of carbonyl (C=O) groups excluding carboxylic acids is 1. The highest BCUT2D eigenvalue weighted by Gasteiger charge is 2.09. The van der Waals surface area contributed by atoms with E-state index in [2.05, 4.69) is 43.4 Å². The molecule has 1 amide bonds. The van der Waals surface area contributed by atoms with Crippen molar-refractivity contribution < 1.29 is 9.18 Å². The maximum Gasteiger partial charge on any atom is 0.254 e. The van der Waals surface area contributed by atoms with Gasteiger partial charge in [-0.2, -0.15) is 0 Å². The van der Waals surface area contributed by atoms with Gasteiger partial charge in [0.05, 0.1) is 5.56 Å². The summed E-state index contributed by atoms with van der Waals surface area (Å²) >= 11 is 0. The Balaban J connectivity index is 1.87. The average molecular weight is 285 g/mol. The first-order valence-electron chi connectivity index (χ1n) is 7.19. The highest BCUT2D eigenvalue weighted by molar-refractivity contribution is 5.94. The van der Waals surface area contributed by atoms with E-state index in [0.29, 0.717) is 12.5 Å². The normalized spacial score (nSPS) is 10.7. The number of hydrogen-bond donors (Lipinski definition) is 1. The lowest BCUT2D eigenvalue weighted by Gasteiger charge is -2.08. The minimum Gasteiger partial charge on any atom is -0.352 e. The molecule has 21 heavy (non-hydrogen) atoms. The van der Waals surface area contributed by atoms with Crippen LogP contribution in [0.2, 0.25) is 0 Å². The lowest BCUT2D eigenvalue weighted by molar-refractivity contribution is 0.0950. The van der Waals surface area contributed by atoms with E-state index in [1.54, 1.807) is 12.1 Å². The van der Waals surface area contributed by atoms with E-state index in [1.165, 1.54) is 17.7 Å². The number of halogens is 1. The Morgan fingerprint density at radius 1 is 1.10 bits per heavy atom. The highest BCUT2D eigenvalue weighted by atomic mass is 19.1. The summed E-state index contributed by atoms with van der Waals surface area (Å²) in [5, 5.41) is 2.75. The molecule has 0 aliphatic carbocycles. The molecule has 2 nitrogen and oxygen atoms in total. The fourth-order valence-electron chi connectivity index (χ4n) is 2.13. The van der Waals surface area contributed by atoms with Crippen LogP contribution in [0.25, 0.3) is 0 Å². The van der Waals surface area contributed by atoms with Crippen molar-refractivity contribution in [2.45, 2.75) is 26.2 Å². The van der Waals surface area contributed by atoms with Gasteiger partial charge >= 0.3 is 0 Å². The summed E-state index contributed by atoms with van der Waals surface area (Å²) in [5.74, 6) is -0.344. The largest absolute Gasteiger partial charge is 0.352 e. The zero-order valence-corrected chi connectivity index (χ0v) is 12.4. The fraction of sp³-hybridized carbons (Fsp3) is 0.278. The van der Waals surface area contributed by atoms with Crippen LogP contribution < -0.4 is 5.32 Å². The predicted molar refractivity (Wildman–Crippen MR) is 83.0 cm³/mol. The van der Waals surface area contributed by atoms with Crippen molar-refractivity contribution in [1.82, 2.24) is 5.32 Å². The topological polar surface area (TPSA) is 29.1 Å². The summed E-state index contributed by atoms with van der Waals surface area (Å²) in [6, 6.07) is 14.4. The highest BCUT2D eigenvalue weighted by Crippen LogP contribution is 2.14. The molecule has 2 aromatic rings. The van der Waals surface area contributed by atoms with Crippen LogP contribution in [0, 0.1) is 5.82 Å². The first kappa shape index (κ1) is 15.2. The van der Waals surface area contributed by atoms with E-state index in [9.17, 15) is 9.18 Å². The van der Waals surface area contributed by atoms with Crippen LogP contribution in [0.3, 0.4) is 0 Å². The number of hydrogen-bond acceptors (Lipinski definition) is 1. The van der Waals surface area contributed by atoms with E-state index in [1.807, 2.05) is 0 Å². The van der Waals surface area contributed by atoms with Crippen LogP contribution in [-0.4, -0.2) is 12.5 Å². The molecule has 2 aromatic carbocycles. The molecule has 0 unspecified atom stereocenters. The van der Waals surface area contributed by atoms with Gasteiger partial charge in [0, 0.05) is 6.54 Å². The second-order valence-electron chi connectivity index (χ2n) is 5.38. The molecule has 0 heterocycles. The van der Waals surface area contributed by atoms with Crippen molar-refractivity contribution in [3.63, 3.8) is 0 Å². The molecule has 110 valence electrons. The van der Waals surface area contributed by atoms with Gasteiger partial charge in [-0.1, -0.05) is 50.2 Å². The lowest BCUT2D eigenvalue weighted by atomic mass is 10.0. The van der Waals surface area contributed by atoms with Crippen molar-refractivity contribution in [2.75, 3.05) is 6.54 Å². The Bertz CT molecular complexity index is 605. The molecule has 0 spiro atoms. The van der Waals surface area contributed by atoms with Crippen molar-refractivity contribution in [2.24, 2.45) is 0 Å². The molecule has 2 rings (SSSR count). The molecular formula is C18H20FNO. The number of rotatable bonds is 5. The predicted octanol–water partition coefficient (Wildman–Crippen LogP) is 3.92. The summed E-state index contributed by atoms with van der Waals surface area (Å²) in [4.78, 5) is 11.8. The number of amides is 1. The summed E-state index contributed by atoms with van der Waals surface area (Å²) in [7, 11) is 0. The van der Waals surface area contributed by atoms with Crippen LogP contribution in [-0.2, 0) is 6.42 Å². The van der Waals surface area contributed by atoms with Crippen LogP contribution in [0.1, 0.15) is 41.3 Å². The van der Waals surface area contributed by atoms with Crippen LogP contribution in [0.4, 0.5) is 4.39 Å². The van der Waals surface area contributed by atoms with Crippen molar-refractivity contribution in [3.05, 3.63) is 71.0 Å². The van der Waals surface area contributed by atoms with E-state index in [-0.39, 0.29) is 11.5 Å². The van der Waals surface area contributed by atoms with E-state index in [4.69, 9.17) is 0 Å². The molecule has 0 aliphatic heterocycles. The number of nitrogens with one attached hydrogen (secondary N) is 1. The van der Waals surface area contributed by atoms with E-state index < -0.39 is 5.82 Å². The molecular weight excluding hydrogens is 265 g/mol. The minimum absolute atomic E-state index is 0.0904. The Labute approximate surface area is 125 Å². The minimum atomic E-state index is -0.490. The maximum atomic E-state index is 13.4. The molecule has 0 bridgehead atoms. The molecule has 0 atom stereocenters. The molecule has 0 fully saturated rings. The van der Waals surface area contributed by atoms with Crippen LogP contribution in [0.15, 0.2) is 48.5 Å². The van der Waals surface area contributed by atoms with Crippen LogP contribution >= 0.6 is 0 Å². The molecule has 0 saturated carbocycles. The molecule has 1 N–H and O–H groups in total. The van der Waals surface area contributed by atoms with Gasteiger partial charge in [-0.05, 0) is 35.6 Å². The summed E-state index contributed by atoms with van der Waals surface area (Å²) in [6.07, 6.45) is 0.735. The quantitative estimate of drug-likeness (QED) is 0.886. The third-order valence-corrected chi connectivity index (χ3v) is 3.46. The molecule has 0 aliphatic rings. The maximum absolute atomic E-state index is 13.4. The molecule has 0 aromatic heterocycles. The monoisotopic (exact) mass is 285 g/mol. The zero-order valence-electron chi connectivity index (χ0n) is 12.4. The van der Waals surface area contributed by atoms with E-state index in [0.717, 1.165) is 12.0 Å².